The maximum Gasteiger partial charge on any atom is 0.313 e. The molecule has 1 N–H and O–H groups in total. The minimum absolute atomic E-state index is 0.327. The quantitative estimate of drug-likeness (QED) is 0.822. The van der Waals surface area contributed by atoms with E-state index in [0.29, 0.717) is 19.5 Å². The highest BCUT2D eigenvalue weighted by atomic mass is 19.2. The number of anilines is 1. The van der Waals surface area contributed by atoms with Gasteiger partial charge in [0.15, 0.2) is 11.6 Å². The molecule has 0 saturated heterocycles. The molecule has 23 heavy (non-hydrogen) atoms. The van der Waals surface area contributed by atoms with Crippen molar-refractivity contribution < 1.29 is 18.4 Å². The summed E-state index contributed by atoms with van der Waals surface area (Å²) in [5.41, 5.74) is 1.78. The number of carbonyl (C=O) groups is 2. The van der Waals surface area contributed by atoms with Gasteiger partial charge in [0.05, 0.1) is 5.69 Å². The molecule has 0 aliphatic carbocycles. The second kappa shape index (κ2) is 6.16. The van der Waals surface area contributed by atoms with Crippen molar-refractivity contribution in [2.45, 2.75) is 13.0 Å². The van der Waals surface area contributed by atoms with E-state index in [9.17, 15) is 18.4 Å². The Morgan fingerprint density at radius 3 is 2.52 bits per heavy atom. The molecule has 4 nitrogen and oxygen atoms in total. The Hall–Kier alpha value is -2.76. The van der Waals surface area contributed by atoms with Crippen molar-refractivity contribution in [1.29, 1.82) is 0 Å². The van der Waals surface area contributed by atoms with Gasteiger partial charge in [-0.2, -0.15) is 0 Å². The van der Waals surface area contributed by atoms with E-state index in [4.69, 9.17) is 0 Å². The lowest BCUT2D eigenvalue weighted by Gasteiger charge is -2.28. The van der Waals surface area contributed by atoms with Gasteiger partial charge in [0.25, 0.3) is 0 Å². The van der Waals surface area contributed by atoms with Crippen molar-refractivity contribution in [3.63, 3.8) is 0 Å². The van der Waals surface area contributed by atoms with Crippen LogP contribution in [0.25, 0.3) is 0 Å². The first-order chi connectivity index (χ1) is 11.1. The van der Waals surface area contributed by atoms with Gasteiger partial charge in [-0.1, -0.05) is 30.3 Å². The van der Waals surface area contributed by atoms with E-state index in [1.165, 1.54) is 17.0 Å². The van der Waals surface area contributed by atoms with E-state index in [1.807, 2.05) is 24.3 Å². The Kier molecular flexibility index (Phi) is 4.06. The van der Waals surface area contributed by atoms with E-state index in [1.54, 1.807) is 0 Å². The molecule has 0 fully saturated rings. The van der Waals surface area contributed by atoms with E-state index >= 15 is 0 Å². The van der Waals surface area contributed by atoms with E-state index in [2.05, 4.69) is 5.32 Å². The Balaban J connectivity index is 1.71. The minimum Gasteiger partial charge on any atom is -0.330 e. The summed E-state index contributed by atoms with van der Waals surface area (Å²) in [5.74, 6) is -4.00. The van der Waals surface area contributed by atoms with Crippen molar-refractivity contribution in [1.82, 2.24) is 4.90 Å². The summed E-state index contributed by atoms with van der Waals surface area (Å²) < 4.78 is 26.7. The van der Waals surface area contributed by atoms with Gasteiger partial charge >= 0.3 is 11.8 Å². The zero-order valence-electron chi connectivity index (χ0n) is 12.2. The summed E-state index contributed by atoms with van der Waals surface area (Å²) in [5, 5.41) is 2.13. The molecule has 1 heterocycles. The van der Waals surface area contributed by atoms with Gasteiger partial charge in [0.1, 0.15) is 0 Å². The number of nitrogens with zero attached hydrogens (tertiary/aromatic N) is 1. The first-order valence-corrected chi connectivity index (χ1v) is 7.17. The normalized spacial score (nSPS) is 13.4. The molecule has 0 unspecified atom stereocenters. The van der Waals surface area contributed by atoms with Crippen molar-refractivity contribution in [3.8, 4) is 0 Å². The highest BCUT2D eigenvalue weighted by molar-refractivity contribution is 6.39. The predicted molar refractivity (Wildman–Crippen MR) is 80.6 cm³/mol. The predicted octanol–water partition coefficient (Wildman–Crippen LogP) is 2.49. The summed E-state index contributed by atoms with van der Waals surface area (Å²) in [6.45, 7) is 0.739. The van der Waals surface area contributed by atoms with Gasteiger partial charge in [-0.05, 0) is 29.7 Å². The third kappa shape index (κ3) is 3.06. The largest absolute Gasteiger partial charge is 0.330 e. The molecule has 118 valence electrons. The molecular formula is C17H14F2N2O2. The summed E-state index contributed by atoms with van der Waals surface area (Å²) in [6, 6.07) is 11.1. The maximum absolute atomic E-state index is 13.6. The molecule has 0 saturated carbocycles. The average Bonchev–Trinajstić information content (AvgIpc) is 2.57. The van der Waals surface area contributed by atoms with E-state index in [0.717, 1.165) is 17.2 Å². The van der Waals surface area contributed by atoms with Gasteiger partial charge in [0, 0.05) is 13.1 Å². The van der Waals surface area contributed by atoms with Crippen LogP contribution in [0.4, 0.5) is 14.5 Å². The Morgan fingerprint density at radius 2 is 1.74 bits per heavy atom. The monoisotopic (exact) mass is 316 g/mol. The van der Waals surface area contributed by atoms with Crippen LogP contribution < -0.4 is 5.32 Å². The van der Waals surface area contributed by atoms with Crippen LogP contribution in [0.3, 0.4) is 0 Å². The lowest BCUT2D eigenvalue weighted by molar-refractivity contribution is -0.143. The second-order valence-electron chi connectivity index (χ2n) is 5.30. The Labute approximate surface area is 131 Å². The molecule has 0 aromatic heterocycles. The lowest BCUT2D eigenvalue weighted by Crippen LogP contribution is -2.42. The van der Waals surface area contributed by atoms with Crippen LogP contribution >= 0.6 is 0 Å². The van der Waals surface area contributed by atoms with Crippen molar-refractivity contribution >= 4 is 17.5 Å². The standard InChI is InChI=1S/C17H14F2N2O2/c18-13-6-3-7-14(15(13)19)20-16(22)17(23)21-9-8-11-4-1-2-5-12(11)10-21/h1-7H,8-10H2,(H,20,22). The molecule has 0 atom stereocenters. The van der Waals surface area contributed by atoms with Crippen LogP contribution in [0.2, 0.25) is 0 Å². The molecule has 1 aliphatic rings. The molecule has 2 aromatic carbocycles. The van der Waals surface area contributed by atoms with Crippen molar-refractivity contribution in [2.75, 3.05) is 11.9 Å². The molecule has 1 aliphatic heterocycles. The first kappa shape index (κ1) is 15.1. The number of hydrogen-bond donors (Lipinski definition) is 1. The van der Waals surface area contributed by atoms with Gasteiger partial charge in [0.2, 0.25) is 0 Å². The Morgan fingerprint density at radius 1 is 1.00 bits per heavy atom. The maximum atomic E-state index is 13.6. The molecule has 0 bridgehead atoms. The van der Waals surface area contributed by atoms with Gasteiger partial charge < -0.3 is 10.2 Å². The third-order valence-electron chi connectivity index (χ3n) is 3.81. The molecule has 2 amide bonds. The molecule has 6 heteroatoms. The number of nitrogens with one attached hydrogen (secondary N) is 1. The average molecular weight is 316 g/mol. The SMILES string of the molecule is O=C(Nc1cccc(F)c1F)C(=O)N1CCc2ccccc2C1. The zero-order valence-corrected chi connectivity index (χ0v) is 12.2. The molecule has 0 spiro atoms. The van der Waals surface area contributed by atoms with Gasteiger partial charge in [-0.25, -0.2) is 8.78 Å². The van der Waals surface area contributed by atoms with Crippen molar-refractivity contribution in [3.05, 3.63) is 65.2 Å². The first-order valence-electron chi connectivity index (χ1n) is 7.17. The van der Waals surface area contributed by atoms with E-state index < -0.39 is 23.4 Å². The van der Waals surface area contributed by atoms with Crippen LogP contribution in [0.1, 0.15) is 11.1 Å². The fourth-order valence-corrected chi connectivity index (χ4v) is 2.59. The summed E-state index contributed by atoms with van der Waals surface area (Å²) in [6.07, 6.45) is 0.656. The lowest BCUT2D eigenvalue weighted by atomic mass is 10.00. The van der Waals surface area contributed by atoms with Crippen LogP contribution in [0.5, 0.6) is 0 Å². The smallest absolute Gasteiger partial charge is 0.313 e. The number of amides is 2. The molecular weight excluding hydrogens is 302 g/mol. The number of halogens is 2. The third-order valence-corrected chi connectivity index (χ3v) is 3.81. The molecule has 2 aromatic rings. The fourth-order valence-electron chi connectivity index (χ4n) is 2.59. The van der Waals surface area contributed by atoms with E-state index in [-0.39, 0.29) is 5.69 Å². The highest BCUT2D eigenvalue weighted by Gasteiger charge is 2.26. The summed E-state index contributed by atoms with van der Waals surface area (Å²) >= 11 is 0. The topological polar surface area (TPSA) is 49.4 Å². The fraction of sp³-hybridized carbons (Fsp3) is 0.176. The molecule has 3 rings (SSSR count). The number of rotatable bonds is 1. The number of benzene rings is 2. The summed E-state index contributed by atoms with van der Waals surface area (Å²) in [7, 11) is 0. The molecule has 0 radical (unpaired) electrons. The number of hydrogen-bond acceptors (Lipinski definition) is 2. The minimum atomic E-state index is -1.18. The summed E-state index contributed by atoms with van der Waals surface area (Å²) in [4.78, 5) is 25.6. The zero-order chi connectivity index (χ0) is 16.4. The van der Waals surface area contributed by atoms with Crippen LogP contribution in [0, 0.1) is 11.6 Å². The number of carbonyl (C=O) groups excluding carboxylic acids is 2. The van der Waals surface area contributed by atoms with Gasteiger partial charge in [-0.15, -0.1) is 0 Å². The van der Waals surface area contributed by atoms with Crippen LogP contribution in [-0.4, -0.2) is 23.3 Å². The van der Waals surface area contributed by atoms with Crippen molar-refractivity contribution in [2.24, 2.45) is 0 Å². The highest BCUT2D eigenvalue weighted by Crippen LogP contribution is 2.20. The van der Waals surface area contributed by atoms with Gasteiger partial charge in [-0.3, -0.25) is 9.59 Å². The van der Waals surface area contributed by atoms with Crippen LogP contribution in [-0.2, 0) is 22.6 Å². The van der Waals surface area contributed by atoms with Crippen LogP contribution in [0.15, 0.2) is 42.5 Å². The Bertz CT molecular complexity index is 777. The second-order valence-corrected chi connectivity index (χ2v) is 5.30. The number of fused-ring (bicyclic) bond motifs is 1.